The summed E-state index contributed by atoms with van der Waals surface area (Å²) in [4.78, 5) is 10.6. The molecule has 0 unspecified atom stereocenters. The maximum Gasteiger partial charge on any atom is 0.144 e. The number of aromatic nitrogens is 2. The van der Waals surface area contributed by atoms with Crippen LogP contribution in [0.3, 0.4) is 0 Å². The molecule has 0 aliphatic carbocycles. The number of halogens is 1. The molecule has 1 heterocycles. The first-order valence-electron chi connectivity index (χ1n) is 5.17. The van der Waals surface area contributed by atoms with Crippen molar-refractivity contribution in [3.8, 4) is 0 Å². The van der Waals surface area contributed by atoms with E-state index in [4.69, 9.17) is 0 Å². The van der Waals surface area contributed by atoms with Gasteiger partial charge in [-0.3, -0.25) is 0 Å². The van der Waals surface area contributed by atoms with Crippen molar-refractivity contribution in [2.45, 2.75) is 11.9 Å². The van der Waals surface area contributed by atoms with Crippen molar-refractivity contribution >= 4 is 33.5 Å². The number of nitrogens with zero attached hydrogens (tertiary/aromatic N) is 3. The molecule has 1 N–H and O–H groups in total. The SMILES string of the molecule is CCNc1ncnc(SCCN(C)C)c1Br. The number of anilines is 1. The van der Waals surface area contributed by atoms with Gasteiger partial charge in [-0.15, -0.1) is 11.8 Å². The molecule has 16 heavy (non-hydrogen) atoms. The van der Waals surface area contributed by atoms with Gasteiger partial charge in [0, 0.05) is 18.8 Å². The van der Waals surface area contributed by atoms with Gasteiger partial charge in [-0.1, -0.05) is 0 Å². The minimum atomic E-state index is 0.859. The number of hydrogen-bond donors (Lipinski definition) is 1. The molecule has 1 rings (SSSR count). The highest BCUT2D eigenvalue weighted by Crippen LogP contribution is 2.29. The Morgan fingerprint density at radius 1 is 1.44 bits per heavy atom. The monoisotopic (exact) mass is 304 g/mol. The van der Waals surface area contributed by atoms with E-state index in [1.165, 1.54) is 0 Å². The van der Waals surface area contributed by atoms with Gasteiger partial charge in [-0.25, -0.2) is 9.97 Å². The number of rotatable bonds is 6. The summed E-state index contributed by atoms with van der Waals surface area (Å²) < 4.78 is 0.959. The lowest BCUT2D eigenvalue weighted by Gasteiger charge is -2.10. The Morgan fingerprint density at radius 3 is 2.81 bits per heavy atom. The smallest absolute Gasteiger partial charge is 0.144 e. The Kier molecular flexibility index (Phi) is 6.08. The van der Waals surface area contributed by atoms with Gasteiger partial charge in [0.1, 0.15) is 17.2 Å². The fourth-order valence-corrected chi connectivity index (χ4v) is 2.75. The van der Waals surface area contributed by atoms with E-state index < -0.39 is 0 Å². The standard InChI is InChI=1S/C10H17BrN4S/c1-4-12-9-8(11)10(14-7-13-9)16-6-5-15(2)3/h7H,4-6H2,1-3H3,(H,12,13,14). The molecule has 0 bridgehead atoms. The number of hydrogen-bond acceptors (Lipinski definition) is 5. The van der Waals surface area contributed by atoms with Gasteiger partial charge >= 0.3 is 0 Å². The zero-order chi connectivity index (χ0) is 12.0. The summed E-state index contributed by atoms with van der Waals surface area (Å²) in [7, 11) is 4.14. The summed E-state index contributed by atoms with van der Waals surface area (Å²) in [5, 5.41) is 4.19. The highest BCUT2D eigenvalue weighted by Gasteiger charge is 2.08. The molecular weight excluding hydrogens is 288 g/mol. The molecule has 0 atom stereocenters. The van der Waals surface area contributed by atoms with Crippen LogP contribution >= 0.6 is 27.7 Å². The average molecular weight is 305 g/mol. The van der Waals surface area contributed by atoms with Crippen LogP contribution in [0.1, 0.15) is 6.92 Å². The van der Waals surface area contributed by atoms with Crippen LogP contribution in [0, 0.1) is 0 Å². The van der Waals surface area contributed by atoms with Gasteiger partial charge in [0.15, 0.2) is 0 Å². The van der Waals surface area contributed by atoms with E-state index in [9.17, 15) is 0 Å². The topological polar surface area (TPSA) is 41.1 Å². The minimum Gasteiger partial charge on any atom is -0.369 e. The first-order valence-corrected chi connectivity index (χ1v) is 6.95. The molecule has 0 radical (unpaired) electrons. The molecule has 1 aromatic rings. The Hall–Kier alpha value is -0.330. The van der Waals surface area contributed by atoms with Crippen LogP contribution in [-0.2, 0) is 0 Å². The van der Waals surface area contributed by atoms with Gasteiger partial charge in [-0.05, 0) is 36.9 Å². The van der Waals surface area contributed by atoms with Crippen molar-refractivity contribution < 1.29 is 0 Å². The minimum absolute atomic E-state index is 0.859. The normalized spacial score (nSPS) is 10.8. The van der Waals surface area contributed by atoms with Crippen LogP contribution in [0.2, 0.25) is 0 Å². The third-order valence-electron chi connectivity index (χ3n) is 1.88. The third kappa shape index (κ3) is 4.27. The molecule has 0 fully saturated rings. The van der Waals surface area contributed by atoms with Crippen LogP contribution in [-0.4, -0.2) is 47.8 Å². The second-order valence-corrected chi connectivity index (χ2v) is 5.40. The summed E-state index contributed by atoms with van der Waals surface area (Å²) in [6.07, 6.45) is 1.60. The highest BCUT2D eigenvalue weighted by atomic mass is 79.9. The maximum absolute atomic E-state index is 4.26. The van der Waals surface area contributed by atoms with Crippen LogP contribution < -0.4 is 5.32 Å². The van der Waals surface area contributed by atoms with Crippen LogP contribution in [0.5, 0.6) is 0 Å². The summed E-state index contributed by atoms with van der Waals surface area (Å²) in [5.74, 6) is 1.89. The lowest BCUT2D eigenvalue weighted by molar-refractivity contribution is 0.437. The first-order chi connectivity index (χ1) is 7.65. The zero-order valence-electron chi connectivity index (χ0n) is 9.83. The third-order valence-corrected chi connectivity index (χ3v) is 3.86. The fourth-order valence-electron chi connectivity index (χ4n) is 1.07. The molecule has 0 spiro atoms. The average Bonchev–Trinajstić information content (AvgIpc) is 2.23. The Balaban J connectivity index is 2.62. The highest BCUT2D eigenvalue weighted by molar-refractivity contribution is 9.10. The molecule has 6 heteroatoms. The second-order valence-electron chi connectivity index (χ2n) is 3.52. The lowest BCUT2D eigenvalue weighted by atomic mass is 10.5. The summed E-state index contributed by atoms with van der Waals surface area (Å²) in [6.45, 7) is 3.95. The van der Waals surface area contributed by atoms with E-state index >= 15 is 0 Å². The van der Waals surface area contributed by atoms with Gasteiger partial charge in [0.2, 0.25) is 0 Å². The van der Waals surface area contributed by atoms with Crippen molar-refractivity contribution in [1.29, 1.82) is 0 Å². The molecule has 0 aromatic carbocycles. The van der Waals surface area contributed by atoms with Crippen molar-refractivity contribution in [1.82, 2.24) is 14.9 Å². The molecule has 0 saturated heterocycles. The molecule has 0 amide bonds. The number of thioether (sulfide) groups is 1. The van der Waals surface area contributed by atoms with E-state index in [1.807, 2.05) is 6.92 Å². The van der Waals surface area contributed by atoms with Gasteiger partial charge < -0.3 is 10.2 Å². The predicted molar refractivity (Wildman–Crippen MR) is 73.2 cm³/mol. The van der Waals surface area contributed by atoms with Crippen LogP contribution in [0.25, 0.3) is 0 Å². The number of nitrogens with one attached hydrogen (secondary N) is 1. The molecule has 1 aromatic heterocycles. The maximum atomic E-state index is 4.26. The Labute approximate surface area is 109 Å². The molecule has 90 valence electrons. The van der Waals surface area contributed by atoms with E-state index in [0.29, 0.717) is 0 Å². The van der Waals surface area contributed by atoms with E-state index in [2.05, 4.69) is 50.2 Å². The van der Waals surface area contributed by atoms with Crippen LogP contribution in [0.4, 0.5) is 5.82 Å². The summed E-state index contributed by atoms with van der Waals surface area (Å²) in [5.41, 5.74) is 0. The molecule has 0 aliphatic rings. The lowest BCUT2D eigenvalue weighted by Crippen LogP contribution is -2.14. The van der Waals surface area contributed by atoms with E-state index in [-0.39, 0.29) is 0 Å². The molecule has 4 nitrogen and oxygen atoms in total. The van der Waals surface area contributed by atoms with E-state index in [1.54, 1.807) is 18.1 Å². The molecule has 0 aliphatic heterocycles. The van der Waals surface area contributed by atoms with Crippen molar-refractivity contribution in [2.24, 2.45) is 0 Å². The second kappa shape index (κ2) is 7.09. The van der Waals surface area contributed by atoms with Crippen LogP contribution in [0.15, 0.2) is 15.8 Å². The van der Waals surface area contributed by atoms with Gasteiger partial charge in [-0.2, -0.15) is 0 Å². The summed E-state index contributed by atoms with van der Waals surface area (Å²) in [6, 6.07) is 0. The van der Waals surface area contributed by atoms with Gasteiger partial charge in [0.25, 0.3) is 0 Å². The molecular formula is C10H17BrN4S. The fraction of sp³-hybridized carbons (Fsp3) is 0.600. The first kappa shape index (κ1) is 13.7. The van der Waals surface area contributed by atoms with Gasteiger partial charge in [0.05, 0.1) is 4.47 Å². The zero-order valence-corrected chi connectivity index (χ0v) is 12.2. The Bertz CT molecular complexity index is 333. The predicted octanol–water partition coefficient (Wildman–Crippen LogP) is 2.32. The summed E-state index contributed by atoms with van der Waals surface area (Å²) >= 11 is 5.26. The Morgan fingerprint density at radius 2 is 2.19 bits per heavy atom. The van der Waals surface area contributed by atoms with Crippen molar-refractivity contribution in [2.75, 3.05) is 38.3 Å². The van der Waals surface area contributed by atoms with E-state index in [0.717, 1.165) is 34.2 Å². The largest absolute Gasteiger partial charge is 0.369 e. The van der Waals surface area contributed by atoms with Crippen molar-refractivity contribution in [3.05, 3.63) is 10.8 Å². The van der Waals surface area contributed by atoms with Crippen molar-refractivity contribution in [3.63, 3.8) is 0 Å². The molecule has 0 saturated carbocycles. The quantitative estimate of drug-likeness (QED) is 0.645.